The zero-order valence-electron chi connectivity index (χ0n) is 11.3. The van der Waals surface area contributed by atoms with Gasteiger partial charge >= 0.3 is 0 Å². The molecule has 1 rings (SSSR count). The number of rotatable bonds is 8. The number of benzene rings is 1. The van der Waals surface area contributed by atoms with Gasteiger partial charge in [-0.25, -0.2) is 0 Å². The van der Waals surface area contributed by atoms with Crippen LogP contribution in [-0.4, -0.2) is 37.6 Å². The van der Waals surface area contributed by atoms with Crippen molar-refractivity contribution in [3.05, 3.63) is 28.7 Å². The van der Waals surface area contributed by atoms with Crippen molar-refractivity contribution in [1.82, 2.24) is 4.90 Å². The number of hydrogen-bond donors (Lipinski definition) is 1. The van der Waals surface area contributed by atoms with Gasteiger partial charge in [0.05, 0.1) is 6.54 Å². The first-order valence-electron chi connectivity index (χ1n) is 6.46. The lowest BCUT2D eigenvalue weighted by Crippen LogP contribution is -2.30. The number of halogens is 1. The van der Waals surface area contributed by atoms with E-state index >= 15 is 0 Å². The molecule has 0 atom stereocenters. The first-order valence-corrected chi connectivity index (χ1v) is 7.25. The Kier molecular flexibility index (Phi) is 7.52. The quantitative estimate of drug-likeness (QED) is 0.745. The molecular weight excluding hydrogens is 308 g/mol. The predicted molar refractivity (Wildman–Crippen MR) is 80.2 cm³/mol. The first kappa shape index (κ1) is 16.0. The highest BCUT2D eigenvalue weighted by atomic mass is 79.9. The van der Waals surface area contributed by atoms with Crippen LogP contribution in [0, 0.1) is 0 Å². The number of likely N-dealkylation sites (N-methyl/N-ethyl adjacent to an activating group) is 1. The fourth-order valence-corrected chi connectivity index (χ4v) is 1.83. The van der Waals surface area contributed by atoms with Gasteiger partial charge in [-0.15, -0.1) is 0 Å². The highest BCUT2D eigenvalue weighted by Gasteiger charge is 2.07. The van der Waals surface area contributed by atoms with Gasteiger partial charge in [0, 0.05) is 17.9 Å². The van der Waals surface area contributed by atoms with Crippen molar-refractivity contribution in [1.29, 1.82) is 0 Å². The van der Waals surface area contributed by atoms with Gasteiger partial charge in [0.15, 0.2) is 0 Å². The van der Waals surface area contributed by atoms with Crippen LogP contribution in [0.4, 0.5) is 0 Å². The summed E-state index contributed by atoms with van der Waals surface area (Å²) in [5.74, 6) is 0.958. The Morgan fingerprint density at radius 3 is 2.63 bits per heavy atom. The lowest BCUT2D eigenvalue weighted by molar-refractivity contribution is -0.130. The average Bonchev–Trinajstić information content (AvgIpc) is 2.41. The van der Waals surface area contributed by atoms with Crippen molar-refractivity contribution in [2.75, 3.05) is 26.7 Å². The second-order valence-electron chi connectivity index (χ2n) is 4.36. The van der Waals surface area contributed by atoms with Crippen molar-refractivity contribution < 1.29 is 9.53 Å². The van der Waals surface area contributed by atoms with Gasteiger partial charge in [0.1, 0.15) is 12.4 Å². The van der Waals surface area contributed by atoms with Crippen LogP contribution in [0.25, 0.3) is 0 Å². The van der Waals surface area contributed by atoms with Crippen LogP contribution in [0.3, 0.4) is 0 Å². The topological polar surface area (TPSA) is 55.6 Å². The van der Waals surface area contributed by atoms with Crippen LogP contribution in [0.2, 0.25) is 0 Å². The number of hydrogen-bond acceptors (Lipinski definition) is 3. The van der Waals surface area contributed by atoms with Crippen molar-refractivity contribution in [3.63, 3.8) is 0 Å². The maximum atomic E-state index is 11.7. The number of nitrogens with two attached hydrogens (primary N) is 1. The zero-order chi connectivity index (χ0) is 14.1. The van der Waals surface area contributed by atoms with E-state index in [1.165, 1.54) is 0 Å². The molecule has 0 radical (unpaired) electrons. The van der Waals surface area contributed by atoms with Gasteiger partial charge in [-0.05, 0) is 43.7 Å². The molecule has 5 heteroatoms. The van der Waals surface area contributed by atoms with Gasteiger partial charge in [-0.1, -0.05) is 15.9 Å². The fraction of sp³-hybridized carbons (Fsp3) is 0.500. The Balaban J connectivity index is 2.20. The summed E-state index contributed by atoms with van der Waals surface area (Å²) in [6.45, 7) is 1.74. The Bertz CT molecular complexity index is 382. The molecule has 0 saturated heterocycles. The third kappa shape index (κ3) is 6.59. The van der Waals surface area contributed by atoms with Crippen LogP contribution < -0.4 is 10.5 Å². The number of carbonyl (C=O) groups excluding carboxylic acids is 1. The van der Waals surface area contributed by atoms with Gasteiger partial charge < -0.3 is 15.4 Å². The molecule has 0 aliphatic carbocycles. The summed E-state index contributed by atoms with van der Waals surface area (Å²) < 4.78 is 6.59. The maximum absolute atomic E-state index is 11.7. The minimum atomic E-state index is 0.146. The molecule has 0 heterocycles. The number of amides is 1. The van der Waals surface area contributed by atoms with Crippen molar-refractivity contribution in [2.45, 2.75) is 19.3 Å². The van der Waals surface area contributed by atoms with E-state index in [0.29, 0.717) is 26.1 Å². The molecule has 0 aliphatic heterocycles. The standard InChI is InChI=1S/C14H21BrN2O2/c1-17(14(18)4-2-3-9-16)10-11-19-13-7-5-12(15)6-8-13/h5-8H,2-4,9-11,16H2,1H3. The van der Waals surface area contributed by atoms with Crippen LogP contribution in [0.1, 0.15) is 19.3 Å². The van der Waals surface area contributed by atoms with Gasteiger partial charge in [-0.2, -0.15) is 0 Å². The normalized spacial score (nSPS) is 10.3. The van der Waals surface area contributed by atoms with E-state index in [9.17, 15) is 4.79 Å². The molecule has 0 unspecified atom stereocenters. The third-order valence-corrected chi connectivity index (χ3v) is 3.31. The number of unbranched alkanes of at least 4 members (excludes halogenated alkanes) is 1. The minimum Gasteiger partial charge on any atom is -0.492 e. The Morgan fingerprint density at radius 2 is 2.00 bits per heavy atom. The molecular formula is C14H21BrN2O2. The highest BCUT2D eigenvalue weighted by Crippen LogP contribution is 2.15. The summed E-state index contributed by atoms with van der Waals surface area (Å²) in [7, 11) is 1.80. The van der Waals surface area contributed by atoms with E-state index in [1.54, 1.807) is 11.9 Å². The summed E-state index contributed by atoms with van der Waals surface area (Å²) in [6.07, 6.45) is 2.31. The van der Waals surface area contributed by atoms with E-state index in [2.05, 4.69) is 15.9 Å². The SMILES string of the molecule is CN(CCOc1ccc(Br)cc1)C(=O)CCCCN. The molecule has 0 fully saturated rings. The highest BCUT2D eigenvalue weighted by molar-refractivity contribution is 9.10. The second kappa shape index (κ2) is 8.93. The molecule has 106 valence electrons. The lowest BCUT2D eigenvalue weighted by atomic mass is 10.2. The smallest absolute Gasteiger partial charge is 0.222 e. The summed E-state index contributed by atoms with van der Waals surface area (Å²) >= 11 is 3.37. The van der Waals surface area contributed by atoms with Crippen molar-refractivity contribution in [3.8, 4) is 5.75 Å². The van der Waals surface area contributed by atoms with E-state index in [1.807, 2.05) is 24.3 Å². The molecule has 0 bridgehead atoms. The van der Waals surface area contributed by atoms with Crippen molar-refractivity contribution in [2.24, 2.45) is 5.73 Å². The number of ether oxygens (including phenoxy) is 1. The monoisotopic (exact) mass is 328 g/mol. The maximum Gasteiger partial charge on any atom is 0.222 e. The Morgan fingerprint density at radius 1 is 1.32 bits per heavy atom. The Labute approximate surface area is 123 Å². The zero-order valence-corrected chi connectivity index (χ0v) is 12.9. The van der Waals surface area contributed by atoms with E-state index < -0.39 is 0 Å². The molecule has 19 heavy (non-hydrogen) atoms. The van der Waals surface area contributed by atoms with Gasteiger partial charge in [0.2, 0.25) is 5.91 Å². The first-order chi connectivity index (χ1) is 9.13. The minimum absolute atomic E-state index is 0.146. The summed E-state index contributed by atoms with van der Waals surface area (Å²) in [5, 5.41) is 0. The molecule has 0 spiro atoms. The summed E-state index contributed by atoms with van der Waals surface area (Å²) in [6, 6.07) is 7.65. The van der Waals surface area contributed by atoms with Crippen LogP contribution in [0.5, 0.6) is 5.75 Å². The molecule has 1 aromatic rings. The molecule has 2 N–H and O–H groups in total. The van der Waals surface area contributed by atoms with Gasteiger partial charge in [-0.3, -0.25) is 4.79 Å². The largest absolute Gasteiger partial charge is 0.492 e. The summed E-state index contributed by atoms with van der Waals surface area (Å²) in [4.78, 5) is 13.4. The molecule has 0 aromatic heterocycles. The van der Waals surface area contributed by atoms with Crippen LogP contribution >= 0.6 is 15.9 Å². The number of nitrogens with zero attached hydrogens (tertiary/aromatic N) is 1. The molecule has 1 amide bonds. The van der Waals surface area contributed by atoms with E-state index in [0.717, 1.165) is 23.1 Å². The van der Waals surface area contributed by atoms with Gasteiger partial charge in [0.25, 0.3) is 0 Å². The summed E-state index contributed by atoms with van der Waals surface area (Å²) in [5.41, 5.74) is 5.40. The lowest BCUT2D eigenvalue weighted by Gasteiger charge is -2.17. The second-order valence-corrected chi connectivity index (χ2v) is 5.28. The molecule has 0 saturated carbocycles. The van der Waals surface area contributed by atoms with E-state index in [4.69, 9.17) is 10.5 Å². The number of carbonyl (C=O) groups is 1. The third-order valence-electron chi connectivity index (χ3n) is 2.78. The molecule has 1 aromatic carbocycles. The fourth-order valence-electron chi connectivity index (χ4n) is 1.57. The molecule has 0 aliphatic rings. The van der Waals surface area contributed by atoms with Crippen molar-refractivity contribution >= 4 is 21.8 Å². The van der Waals surface area contributed by atoms with Crippen LogP contribution in [-0.2, 0) is 4.79 Å². The van der Waals surface area contributed by atoms with E-state index in [-0.39, 0.29) is 5.91 Å². The average molecular weight is 329 g/mol. The predicted octanol–water partition coefficient (Wildman–Crippen LogP) is 2.42. The molecule has 4 nitrogen and oxygen atoms in total. The Hall–Kier alpha value is -1.07. The van der Waals surface area contributed by atoms with Crippen LogP contribution in [0.15, 0.2) is 28.7 Å².